The molecule has 114 valence electrons. The first-order valence-corrected chi connectivity index (χ1v) is 7.61. The Morgan fingerprint density at radius 2 is 2.24 bits per heavy atom. The van der Waals surface area contributed by atoms with Crippen molar-refractivity contribution in [1.82, 2.24) is 0 Å². The second-order valence-corrected chi connectivity index (χ2v) is 5.76. The van der Waals surface area contributed by atoms with Crippen molar-refractivity contribution in [1.29, 1.82) is 0 Å². The molecule has 6 heteroatoms. The number of benzene rings is 1. The Bertz CT molecular complexity index is 638. The van der Waals surface area contributed by atoms with Gasteiger partial charge in [0.2, 0.25) is 0 Å². The molecule has 3 N–H and O–H groups in total. The van der Waals surface area contributed by atoms with Gasteiger partial charge in [-0.1, -0.05) is 0 Å². The molecule has 0 spiro atoms. The third-order valence-corrected chi connectivity index (χ3v) is 4.40. The average molecular weight is 309 g/mol. The fourth-order valence-electron chi connectivity index (χ4n) is 2.02. The van der Waals surface area contributed by atoms with Crippen LogP contribution in [0.15, 0.2) is 18.2 Å². The highest BCUT2D eigenvalue weighted by molar-refractivity contribution is 7.21. The lowest BCUT2D eigenvalue weighted by atomic mass is 10.1. The van der Waals surface area contributed by atoms with E-state index in [4.69, 9.17) is 9.84 Å². The van der Waals surface area contributed by atoms with Crippen LogP contribution in [-0.4, -0.2) is 42.0 Å². The number of nitrogens with one attached hydrogen (secondary N) is 1. The average Bonchev–Trinajstić information content (AvgIpc) is 2.82. The zero-order valence-corrected chi connectivity index (χ0v) is 12.9. The number of hydrogen-bond donors (Lipinski definition) is 3. The number of ether oxygens (including phenoxy) is 1. The monoisotopic (exact) mass is 309 g/mol. The molecular formula is C15H19NO4S. The van der Waals surface area contributed by atoms with Gasteiger partial charge >= 0.3 is 5.97 Å². The van der Waals surface area contributed by atoms with Crippen LogP contribution in [0, 0.1) is 6.92 Å². The molecule has 0 amide bonds. The summed E-state index contributed by atoms with van der Waals surface area (Å²) < 4.78 is 6.07. The highest BCUT2D eigenvalue weighted by Gasteiger charge is 2.16. The van der Waals surface area contributed by atoms with Crippen molar-refractivity contribution >= 4 is 33.1 Å². The van der Waals surface area contributed by atoms with Crippen LogP contribution < -0.4 is 5.32 Å². The molecule has 1 aromatic heterocycles. The van der Waals surface area contributed by atoms with Crippen molar-refractivity contribution in [2.45, 2.75) is 20.0 Å². The summed E-state index contributed by atoms with van der Waals surface area (Å²) >= 11 is 1.42. The topological polar surface area (TPSA) is 78.8 Å². The molecule has 2 aromatic rings. The summed E-state index contributed by atoms with van der Waals surface area (Å²) in [5.74, 6) is -0.290. The molecular weight excluding hydrogens is 290 g/mol. The molecule has 0 aliphatic heterocycles. The summed E-state index contributed by atoms with van der Waals surface area (Å²) in [5, 5.41) is 22.2. The molecule has 0 fully saturated rings. The van der Waals surface area contributed by atoms with Gasteiger partial charge < -0.3 is 20.3 Å². The van der Waals surface area contributed by atoms with Gasteiger partial charge in [0.05, 0.1) is 19.3 Å². The highest BCUT2D eigenvalue weighted by atomic mass is 32.1. The number of anilines is 1. The number of carbonyl (C=O) groups excluding carboxylic acids is 1. The fourth-order valence-corrected chi connectivity index (χ4v) is 3.11. The Hall–Kier alpha value is -1.63. The SMILES string of the molecule is CCOC(=O)c1sc2ccc(NCC(O)CO)cc2c1C. The number of thiophene rings is 1. The summed E-state index contributed by atoms with van der Waals surface area (Å²) in [6, 6.07) is 5.76. The maximum absolute atomic E-state index is 11.9. The minimum Gasteiger partial charge on any atom is -0.462 e. The van der Waals surface area contributed by atoms with E-state index >= 15 is 0 Å². The summed E-state index contributed by atoms with van der Waals surface area (Å²) in [4.78, 5) is 12.5. The smallest absolute Gasteiger partial charge is 0.348 e. The molecule has 1 unspecified atom stereocenters. The summed E-state index contributed by atoms with van der Waals surface area (Å²) in [7, 11) is 0. The van der Waals surface area contributed by atoms with Crippen LogP contribution in [0.5, 0.6) is 0 Å². The first-order chi connectivity index (χ1) is 10.1. The zero-order chi connectivity index (χ0) is 15.4. The Morgan fingerprint density at radius 3 is 2.90 bits per heavy atom. The Labute approximate surface area is 127 Å². The van der Waals surface area contributed by atoms with Crippen LogP contribution in [0.25, 0.3) is 10.1 Å². The van der Waals surface area contributed by atoms with E-state index in [9.17, 15) is 9.90 Å². The van der Waals surface area contributed by atoms with E-state index < -0.39 is 6.10 Å². The fraction of sp³-hybridized carbons (Fsp3) is 0.400. The number of aryl methyl sites for hydroxylation is 1. The van der Waals surface area contributed by atoms with E-state index in [1.165, 1.54) is 11.3 Å². The molecule has 0 radical (unpaired) electrons. The largest absolute Gasteiger partial charge is 0.462 e. The molecule has 2 rings (SSSR count). The van der Waals surface area contributed by atoms with Gasteiger partial charge in [0.25, 0.3) is 0 Å². The molecule has 0 aliphatic carbocycles. The molecule has 1 heterocycles. The zero-order valence-electron chi connectivity index (χ0n) is 12.0. The van der Waals surface area contributed by atoms with E-state index in [0.29, 0.717) is 11.5 Å². The van der Waals surface area contributed by atoms with E-state index in [1.54, 1.807) is 6.92 Å². The summed E-state index contributed by atoms with van der Waals surface area (Å²) in [6.07, 6.45) is -0.792. The maximum Gasteiger partial charge on any atom is 0.348 e. The van der Waals surface area contributed by atoms with Gasteiger partial charge in [0, 0.05) is 16.9 Å². The first kappa shape index (κ1) is 15.8. The number of hydrogen-bond acceptors (Lipinski definition) is 6. The van der Waals surface area contributed by atoms with Gasteiger partial charge in [0.15, 0.2) is 0 Å². The highest BCUT2D eigenvalue weighted by Crippen LogP contribution is 2.33. The first-order valence-electron chi connectivity index (χ1n) is 6.79. The van der Waals surface area contributed by atoms with Crippen molar-refractivity contribution in [2.24, 2.45) is 0 Å². The van der Waals surface area contributed by atoms with Crippen LogP contribution in [0.1, 0.15) is 22.2 Å². The third kappa shape index (κ3) is 3.53. The summed E-state index contributed by atoms with van der Waals surface area (Å²) in [5.41, 5.74) is 1.74. The predicted molar refractivity (Wildman–Crippen MR) is 84.1 cm³/mol. The van der Waals surface area contributed by atoms with Crippen LogP contribution >= 0.6 is 11.3 Å². The number of rotatable bonds is 6. The molecule has 1 aromatic carbocycles. The number of fused-ring (bicyclic) bond motifs is 1. The van der Waals surface area contributed by atoms with E-state index in [0.717, 1.165) is 21.3 Å². The lowest BCUT2D eigenvalue weighted by Crippen LogP contribution is -2.22. The van der Waals surface area contributed by atoms with Gasteiger partial charge in [-0.3, -0.25) is 0 Å². The lowest BCUT2D eigenvalue weighted by molar-refractivity contribution is 0.0531. The standard InChI is InChI=1S/C15H19NO4S/c1-3-20-15(19)14-9(2)12-6-10(4-5-13(12)21-14)16-7-11(18)8-17/h4-6,11,16-18H,3,7-8H2,1-2H3. The van der Waals surface area contributed by atoms with Gasteiger partial charge in [-0.2, -0.15) is 0 Å². The second-order valence-electron chi connectivity index (χ2n) is 4.70. The van der Waals surface area contributed by atoms with Crippen LogP contribution in [0.2, 0.25) is 0 Å². The van der Waals surface area contributed by atoms with Crippen molar-refractivity contribution < 1.29 is 19.7 Å². The van der Waals surface area contributed by atoms with Crippen LogP contribution in [0.3, 0.4) is 0 Å². The number of aliphatic hydroxyl groups excluding tert-OH is 2. The van der Waals surface area contributed by atoms with Crippen molar-refractivity contribution in [3.05, 3.63) is 28.6 Å². The number of carbonyl (C=O) groups is 1. The van der Waals surface area contributed by atoms with E-state index in [1.807, 2.05) is 25.1 Å². The normalized spacial score (nSPS) is 12.4. The molecule has 0 bridgehead atoms. The Kier molecular flexibility index (Phi) is 5.17. The van der Waals surface area contributed by atoms with Crippen molar-refractivity contribution in [3.8, 4) is 0 Å². The maximum atomic E-state index is 11.9. The molecule has 21 heavy (non-hydrogen) atoms. The Morgan fingerprint density at radius 1 is 1.48 bits per heavy atom. The molecule has 5 nitrogen and oxygen atoms in total. The van der Waals surface area contributed by atoms with Crippen molar-refractivity contribution in [3.63, 3.8) is 0 Å². The van der Waals surface area contributed by atoms with Gasteiger partial charge in [0.1, 0.15) is 4.88 Å². The molecule has 1 atom stereocenters. The summed E-state index contributed by atoms with van der Waals surface area (Å²) in [6.45, 7) is 4.04. The molecule has 0 aliphatic rings. The number of esters is 1. The van der Waals surface area contributed by atoms with Gasteiger partial charge in [-0.15, -0.1) is 11.3 Å². The van der Waals surface area contributed by atoms with Crippen LogP contribution in [0.4, 0.5) is 5.69 Å². The lowest BCUT2D eigenvalue weighted by Gasteiger charge is -2.10. The molecule has 0 saturated carbocycles. The van der Waals surface area contributed by atoms with E-state index in [-0.39, 0.29) is 19.1 Å². The molecule has 0 saturated heterocycles. The van der Waals surface area contributed by atoms with Crippen LogP contribution in [-0.2, 0) is 4.74 Å². The minimum atomic E-state index is -0.792. The van der Waals surface area contributed by atoms with Gasteiger partial charge in [-0.05, 0) is 43.0 Å². The number of aliphatic hydroxyl groups is 2. The van der Waals surface area contributed by atoms with Gasteiger partial charge in [-0.25, -0.2) is 4.79 Å². The minimum absolute atomic E-state index is 0.274. The predicted octanol–water partition coefficient (Wildman–Crippen LogP) is 2.15. The Balaban J connectivity index is 2.26. The quantitative estimate of drug-likeness (QED) is 0.713. The van der Waals surface area contributed by atoms with E-state index in [2.05, 4.69) is 5.32 Å². The third-order valence-electron chi connectivity index (χ3n) is 3.15. The second kappa shape index (κ2) is 6.89. The van der Waals surface area contributed by atoms with Crippen molar-refractivity contribution in [2.75, 3.05) is 25.1 Å².